The van der Waals surface area contributed by atoms with Crippen molar-refractivity contribution in [1.29, 1.82) is 5.26 Å². The molecule has 4 nitrogen and oxygen atoms in total. The third kappa shape index (κ3) is 3.71. The fourth-order valence-corrected chi connectivity index (χ4v) is 1.15. The van der Waals surface area contributed by atoms with Crippen LogP contribution < -0.4 is 0 Å². The zero-order valence-electron chi connectivity index (χ0n) is 9.10. The molecule has 0 saturated heterocycles. The summed E-state index contributed by atoms with van der Waals surface area (Å²) in [7, 11) is 1.55. The Hall–Kier alpha value is -1.86. The summed E-state index contributed by atoms with van der Waals surface area (Å²) in [5.74, 6) is -0.374. The summed E-state index contributed by atoms with van der Waals surface area (Å²) < 4.78 is 9.71. The number of hydrogen-bond donors (Lipinski definition) is 0. The largest absolute Gasteiger partial charge is 0.460 e. The summed E-state index contributed by atoms with van der Waals surface area (Å²) in [6, 6.07) is 8.84. The number of rotatable bonds is 5. The van der Waals surface area contributed by atoms with Crippen molar-refractivity contribution in [3.8, 4) is 6.07 Å². The first-order chi connectivity index (χ1) is 7.77. The van der Waals surface area contributed by atoms with Crippen molar-refractivity contribution in [1.82, 2.24) is 0 Å². The molecular weight excluding hydrogens is 206 g/mol. The summed E-state index contributed by atoms with van der Waals surface area (Å²) in [5.41, 5.74) is 1.37. The molecule has 0 radical (unpaired) electrons. The van der Waals surface area contributed by atoms with E-state index in [2.05, 4.69) is 0 Å². The maximum atomic E-state index is 11.4. The van der Waals surface area contributed by atoms with Gasteiger partial charge in [0.15, 0.2) is 0 Å². The highest BCUT2D eigenvalue weighted by atomic mass is 16.6. The fourth-order valence-electron chi connectivity index (χ4n) is 1.15. The third-order valence-electron chi connectivity index (χ3n) is 1.99. The lowest BCUT2D eigenvalue weighted by atomic mass is 10.1. The summed E-state index contributed by atoms with van der Waals surface area (Å²) in [6.45, 7) is 0.632. The standard InChI is InChI=1S/C12H13NO3/c1-15-8-9-16-12(14)11-4-2-10(3-5-11)6-7-13/h2-5H,6,8-9H2,1H3. The molecule has 0 bridgehead atoms. The Morgan fingerprint density at radius 1 is 1.31 bits per heavy atom. The van der Waals surface area contributed by atoms with Gasteiger partial charge in [-0.25, -0.2) is 4.79 Å². The van der Waals surface area contributed by atoms with Crippen LogP contribution in [0.15, 0.2) is 24.3 Å². The highest BCUT2D eigenvalue weighted by Gasteiger charge is 2.06. The predicted molar refractivity (Wildman–Crippen MR) is 57.9 cm³/mol. The Bertz CT molecular complexity index is 378. The van der Waals surface area contributed by atoms with Gasteiger partial charge >= 0.3 is 5.97 Å². The highest BCUT2D eigenvalue weighted by molar-refractivity contribution is 5.89. The van der Waals surface area contributed by atoms with Crippen molar-refractivity contribution < 1.29 is 14.3 Å². The molecule has 1 aromatic rings. The quantitative estimate of drug-likeness (QED) is 0.557. The SMILES string of the molecule is COCCOC(=O)c1ccc(CC#N)cc1. The Morgan fingerprint density at radius 3 is 2.56 bits per heavy atom. The Balaban J connectivity index is 2.53. The van der Waals surface area contributed by atoms with Crippen LogP contribution >= 0.6 is 0 Å². The van der Waals surface area contributed by atoms with Gasteiger partial charge in [0.05, 0.1) is 24.7 Å². The minimum Gasteiger partial charge on any atom is -0.460 e. The molecule has 0 unspecified atom stereocenters. The average Bonchev–Trinajstić information content (AvgIpc) is 2.30. The third-order valence-corrected chi connectivity index (χ3v) is 1.99. The molecule has 0 saturated carbocycles. The van der Waals surface area contributed by atoms with Crippen molar-refractivity contribution in [2.45, 2.75) is 6.42 Å². The van der Waals surface area contributed by atoms with Crippen LogP contribution in [0.5, 0.6) is 0 Å². The summed E-state index contributed by atoms with van der Waals surface area (Å²) >= 11 is 0. The molecule has 0 fully saturated rings. The molecule has 0 atom stereocenters. The van der Waals surface area contributed by atoms with Crippen LogP contribution in [0.1, 0.15) is 15.9 Å². The van der Waals surface area contributed by atoms with E-state index in [0.29, 0.717) is 18.6 Å². The van der Waals surface area contributed by atoms with Gasteiger partial charge in [-0.3, -0.25) is 0 Å². The van der Waals surface area contributed by atoms with E-state index >= 15 is 0 Å². The predicted octanol–water partition coefficient (Wildman–Crippen LogP) is 1.56. The van der Waals surface area contributed by atoms with Crippen molar-refractivity contribution >= 4 is 5.97 Å². The number of nitriles is 1. The number of nitrogens with zero attached hydrogens (tertiary/aromatic N) is 1. The second-order valence-corrected chi connectivity index (χ2v) is 3.16. The van der Waals surface area contributed by atoms with E-state index in [1.54, 1.807) is 31.4 Å². The van der Waals surface area contributed by atoms with E-state index in [1.165, 1.54) is 0 Å². The lowest BCUT2D eigenvalue weighted by Crippen LogP contribution is -2.09. The molecular formula is C12H13NO3. The van der Waals surface area contributed by atoms with Gasteiger partial charge in [0, 0.05) is 7.11 Å². The molecule has 0 aliphatic carbocycles. The smallest absolute Gasteiger partial charge is 0.338 e. The molecule has 1 aromatic carbocycles. The van der Waals surface area contributed by atoms with Crippen molar-refractivity contribution in [2.24, 2.45) is 0 Å². The Labute approximate surface area is 94.4 Å². The molecule has 4 heteroatoms. The molecule has 0 aromatic heterocycles. The number of carbonyl (C=O) groups is 1. The van der Waals surface area contributed by atoms with Gasteiger partial charge in [0.2, 0.25) is 0 Å². The van der Waals surface area contributed by atoms with Gasteiger partial charge in [-0.2, -0.15) is 5.26 Å². The van der Waals surface area contributed by atoms with Crippen LogP contribution in [-0.4, -0.2) is 26.3 Å². The number of hydrogen-bond acceptors (Lipinski definition) is 4. The molecule has 84 valence electrons. The van der Waals surface area contributed by atoms with Gasteiger partial charge in [-0.15, -0.1) is 0 Å². The van der Waals surface area contributed by atoms with E-state index in [-0.39, 0.29) is 12.6 Å². The minimum atomic E-state index is -0.374. The van der Waals surface area contributed by atoms with E-state index in [1.807, 2.05) is 6.07 Å². The number of methoxy groups -OCH3 is 1. The van der Waals surface area contributed by atoms with Crippen LogP contribution in [0.3, 0.4) is 0 Å². The van der Waals surface area contributed by atoms with Crippen molar-refractivity contribution in [2.75, 3.05) is 20.3 Å². The monoisotopic (exact) mass is 219 g/mol. The molecule has 0 aliphatic rings. The van der Waals surface area contributed by atoms with Crippen LogP contribution in [0.4, 0.5) is 0 Å². The van der Waals surface area contributed by atoms with Crippen LogP contribution in [0.2, 0.25) is 0 Å². The van der Waals surface area contributed by atoms with E-state index in [4.69, 9.17) is 14.7 Å². The number of ether oxygens (including phenoxy) is 2. The summed E-state index contributed by atoms with van der Waals surface area (Å²) in [4.78, 5) is 11.4. The summed E-state index contributed by atoms with van der Waals surface area (Å²) in [5, 5.41) is 8.49. The van der Waals surface area contributed by atoms with Crippen LogP contribution in [0.25, 0.3) is 0 Å². The topological polar surface area (TPSA) is 59.3 Å². The maximum Gasteiger partial charge on any atom is 0.338 e. The second kappa shape index (κ2) is 6.59. The van der Waals surface area contributed by atoms with Gasteiger partial charge in [0.25, 0.3) is 0 Å². The molecule has 0 N–H and O–H groups in total. The Morgan fingerprint density at radius 2 is 2.00 bits per heavy atom. The summed E-state index contributed by atoms with van der Waals surface area (Å²) in [6.07, 6.45) is 0.346. The van der Waals surface area contributed by atoms with Gasteiger partial charge in [-0.05, 0) is 17.7 Å². The zero-order chi connectivity index (χ0) is 11.8. The van der Waals surface area contributed by atoms with E-state index in [0.717, 1.165) is 5.56 Å². The van der Waals surface area contributed by atoms with Crippen molar-refractivity contribution in [3.63, 3.8) is 0 Å². The second-order valence-electron chi connectivity index (χ2n) is 3.16. The normalized spacial score (nSPS) is 9.50. The van der Waals surface area contributed by atoms with Crippen molar-refractivity contribution in [3.05, 3.63) is 35.4 Å². The maximum absolute atomic E-state index is 11.4. The molecule has 0 aliphatic heterocycles. The molecule has 0 spiro atoms. The Kier molecular flexibility index (Phi) is 5.03. The van der Waals surface area contributed by atoms with Crippen LogP contribution in [0, 0.1) is 11.3 Å². The molecule has 1 rings (SSSR count). The van der Waals surface area contributed by atoms with Gasteiger partial charge < -0.3 is 9.47 Å². The first kappa shape index (κ1) is 12.2. The van der Waals surface area contributed by atoms with Gasteiger partial charge in [-0.1, -0.05) is 12.1 Å². The van der Waals surface area contributed by atoms with Gasteiger partial charge in [0.1, 0.15) is 6.61 Å². The first-order valence-electron chi connectivity index (χ1n) is 4.90. The van der Waals surface area contributed by atoms with E-state index < -0.39 is 0 Å². The number of carbonyl (C=O) groups excluding carboxylic acids is 1. The first-order valence-corrected chi connectivity index (χ1v) is 4.90. The lowest BCUT2D eigenvalue weighted by molar-refractivity contribution is 0.0388. The zero-order valence-corrected chi connectivity index (χ0v) is 9.10. The highest BCUT2D eigenvalue weighted by Crippen LogP contribution is 2.06. The molecule has 16 heavy (non-hydrogen) atoms. The van der Waals surface area contributed by atoms with Crippen LogP contribution in [-0.2, 0) is 15.9 Å². The fraction of sp³-hybridized carbons (Fsp3) is 0.333. The molecule has 0 heterocycles. The lowest BCUT2D eigenvalue weighted by Gasteiger charge is -2.04. The number of esters is 1. The van der Waals surface area contributed by atoms with E-state index in [9.17, 15) is 4.79 Å². The average molecular weight is 219 g/mol. The number of benzene rings is 1. The minimum absolute atomic E-state index is 0.245. The molecule has 0 amide bonds.